The number of hydrogen-bond donors (Lipinski definition) is 2. The van der Waals surface area contributed by atoms with Gasteiger partial charge in [0.15, 0.2) is 0 Å². The summed E-state index contributed by atoms with van der Waals surface area (Å²) in [7, 11) is 0. The summed E-state index contributed by atoms with van der Waals surface area (Å²) in [5.41, 5.74) is 0.142. The first-order chi connectivity index (χ1) is 19.9. The summed E-state index contributed by atoms with van der Waals surface area (Å²) >= 11 is 0. The van der Waals surface area contributed by atoms with E-state index in [9.17, 15) is 18.7 Å². The van der Waals surface area contributed by atoms with Gasteiger partial charge >= 0.3 is 5.69 Å². The third kappa shape index (κ3) is 5.39. The molecule has 3 aromatic carbocycles. The number of hydrogen-bond acceptors (Lipinski definition) is 7. The molecular formula is C29H28F2N8O2. The number of benzene rings is 3. The van der Waals surface area contributed by atoms with E-state index in [1.165, 1.54) is 28.2 Å². The van der Waals surface area contributed by atoms with Crippen molar-refractivity contribution in [3.05, 3.63) is 125 Å². The van der Waals surface area contributed by atoms with Crippen LogP contribution < -0.4 is 15.9 Å². The van der Waals surface area contributed by atoms with E-state index >= 15 is 0 Å². The van der Waals surface area contributed by atoms with Gasteiger partial charge in [0.1, 0.15) is 36.2 Å². The zero-order chi connectivity index (χ0) is 28.4. The predicted molar refractivity (Wildman–Crippen MR) is 147 cm³/mol. The Morgan fingerprint density at radius 2 is 1.76 bits per heavy atom. The number of nitrogens with zero attached hydrogens (tertiary/aromatic N) is 7. The monoisotopic (exact) mass is 558 g/mol. The topological polar surface area (TPSA) is 106 Å². The summed E-state index contributed by atoms with van der Waals surface area (Å²) in [6.07, 6.45) is 3.98. The summed E-state index contributed by atoms with van der Waals surface area (Å²) < 4.78 is 32.1. The van der Waals surface area contributed by atoms with Gasteiger partial charge in [0.2, 0.25) is 0 Å². The average Bonchev–Trinajstić information content (AvgIpc) is 3.63. The summed E-state index contributed by atoms with van der Waals surface area (Å²) in [4.78, 5) is 19.6. The largest absolute Gasteiger partial charge is 0.381 e. The molecule has 0 amide bonds. The van der Waals surface area contributed by atoms with Gasteiger partial charge in [-0.25, -0.2) is 32.5 Å². The molecule has 0 spiro atoms. The maximum Gasteiger partial charge on any atom is 0.350 e. The Hall–Kier alpha value is -4.68. The second-order valence-electron chi connectivity index (χ2n) is 10.0. The molecule has 2 unspecified atom stereocenters. The van der Waals surface area contributed by atoms with Gasteiger partial charge in [-0.1, -0.05) is 36.4 Å². The standard InChI is InChI=1S/C29H28F2N8O2/c30-22-8-11-25(26(31)14-22)29(41,16-36-19-33-18-34-36)17-39-28(40)38(20-35-39)24-9-6-21(7-10-24)27-15-32-12-13-37(27)23-4-2-1-3-5-23/h1-11,14,18-20,27,32,41H,12-13,15-17H2. The van der Waals surface area contributed by atoms with Crippen molar-refractivity contribution in [2.24, 2.45) is 0 Å². The zero-order valence-electron chi connectivity index (χ0n) is 22.0. The number of piperazine rings is 1. The van der Waals surface area contributed by atoms with Crippen LogP contribution in [0.3, 0.4) is 0 Å². The molecule has 2 N–H and O–H groups in total. The molecule has 0 saturated carbocycles. The molecule has 1 fully saturated rings. The molecule has 0 radical (unpaired) electrons. The maximum absolute atomic E-state index is 14.8. The number of rotatable bonds is 8. The first-order valence-corrected chi connectivity index (χ1v) is 13.2. The van der Waals surface area contributed by atoms with Crippen molar-refractivity contribution in [1.29, 1.82) is 0 Å². The molecule has 1 aliphatic heterocycles. The molecule has 0 aliphatic carbocycles. The molecule has 41 heavy (non-hydrogen) atoms. The average molecular weight is 559 g/mol. The fourth-order valence-corrected chi connectivity index (χ4v) is 5.33. The number of nitrogens with one attached hydrogen (secondary N) is 1. The highest BCUT2D eigenvalue weighted by molar-refractivity contribution is 5.50. The van der Waals surface area contributed by atoms with Gasteiger partial charge in [-0.05, 0) is 35.9 Å². The molecular weight excluding hydrogens is 530 g/mol. The van der Waals surface area contributed by atoms with Crippen LogP contribution in [0.5, 0.6) is 0 Å². The van der Waals surface area contributed by atoms with Crippen LogP contribution in [0.25, 0.3) is 5.69 Å². The van der Waals surface area contributed by atoms with E-state index < -0.39 is 29.5 Å². The fraction of sp³-hybridized carbons (Fsp3) is 0.241. The summed E-state index contributed by atoms with van der Waals surface area (Å²) in [6, 6.07) is 20.9. The minimum atomic E-state index is -1.98. The number of aliphatic hydroxyl groups is 1. The molecule has 1 saturated heterocycles. The van der Waals surface area contributed by atoms with Gasteiger partial charge in [-0.3, -0.25) is 0 Å². The normalized spacial score (nSPS) is 17.0. The van der Waals surface area contributed by atoms with Gasteiger partial charge in [0, 0.05) is 37.0 Å². The molecule has 12 heteroatoms. The first kappa shape index (κ1) is 26.5. The lowest BCUT2D eigenvalue weighted by Gasteiger charge is -2.38. The first-order valence-electron chi connectivity index (χ1n) is 13.2. The van der Waals surface area contributed by atoms with E-state index in [0.717, 1.165) is 47.7 Å². The molecule has 2 atom stereocenters. The van der Waals surface area contributed by atoms with Crippen molar-refractivity contribution in [3.63, 3.8) is 0 Å². The van der Waals surface area contributed by atoms with Crippen LogP contribution in [-0.4, -0.2) is 53.9 Å². The van der Waals surface area contributed by atoms with Crippen molar-refractivity contribution in [3.8, 4) is 5.69 Å². The smallest absolute Gasteiger partial charge is 0.350 e. The second kappa shape index (κ2) is 11.1. The lowest BCUT2D eigenvalue weighted by Crippen LogP contribution is -2.46. The SMILES string of the molecule is O=c1n(-c2ccc(C3CNCCN3c3ccccc3)cc2)cnn1CC(O)(Cn1cncn1)c1ccc(F)cc1F. The van der Waals surface area contributed by atoms with Crippen LogP contribution in [-0.2, 0) is 18.7 Å². The van der Waals surface area contributed by atoms with Crippen LogP contribution in [0.4, 0.5) is 14.5 Å². The predicted octanol–water partition coefficient (Wildman–Crippen LogP) is 2.64. The molecule has 1 aliphatic rings. The van der Waals surface area contributed by atoms with Gasteiger partial charge in [-0.15, -0.1) is 0 Å². The van der Waals surface area contributed by atoms with Crippen LogP contribution in [0.15, 0.2) is 96.6 Å². The van der Waals surface area contributed by atoms with Crippen molar-refractivity contribution in [1.82, 2.24) is 34.4 Å². The maximum atomic E-state index is 14.8. The summed E-state index contributed by atoms with van der Waals surface area (Å²) in [6.45, 7) is 1.91. The van der Waals surface area contributed by atoms with Crippen LogP contribution in [0.2, 0.25) is 0 Å². The molecule has 6 rings (SSSR count). The number of para-hydroxylation sites is 1. The lowest BCUT2D eigenvalue weighted by molar-refractivity contribution is -0.00948. The molecule has 0 bridgehead atoms. The molecule has 5 aromatic rings. The van der Waals surface area contributed by atoms with Gasteiger partial charge in [0.05, 0.1) is 24.8 Å². The minimum Gasteiger partial charge on any atom is -0.381 e. The number of aromatic nitrogens is 6. The van der Waals surface area contributed by atoms with Gasteiger partial charge in [-0.2, -0.15) is 10.2 Å². The van der Waals surface area contributed by atoms with Crippen LogP contribution in [0, 0.1) is 11.6 Å². The third-order valence-corrected chi connectivity index (χ3v) is 7.35. The molecule has 3 heterocycles. The Bertz CT molecular complexity index is 1670. The molecule has 2 aromatic heterocycles. The van der Waals surface area contributed by atoms with E-state index in [1.54, 1.807) is 0 Å². The third-order valence-electron chi connectivity index (χ3n) is 7.35. The Morgan fingerprint density at radius 1 is 0.951 bits per heavy atom. The molecule has 10 nitrogen and oxygen atoms in total. The van der Waals surface area contributed by atoms with Crippen molar-refractivity contribution < 1.29 is 13.9 Å². The highest BCUT2D eigenvalue weighted by atomic mass is 19.1. The number of halogens is 2. The van der Waals surface area contributed by atoms with Crippen LogP contribution in [0.1, 0.15) is 17.2 Å². The lowest BCUT2D eigenvalue weighted by atomic mass is 9.93. The quantitative estimate of drug-likeness (QED) is 0.302. The number of anilines is 1. The fourth-order valence-electron chi connectivity index (χ4n) is 5.33. The zero-order valence-corrected chi connectivity index (χ0v) is 22.0. The Morgan fingerprint density at radius 3 is 2.49 bits per heavy atom. The van der Waals surface area contributed by atoms with E-state index in [2.05, 4.69) is 37.5 Å². The van der Waals surface area contributed by atoms with Crippen molar-refractivity contribution in [2.75, 3.05) is 24.5 Å². The van der Waals surface area contributed by atoms with E-state index in [0.29, 0.717) is 11.8 Å². The van der Waals surface area contributed by atoms with E-state index in [1.807, 2.05) is 42.5 Å². The molecule has 210 valence electrons. The highest BCUT2D eigenvalue weighted by Crippen LogP contribution is 2.30. The van der Waals surface area contributed by atoms with Gasteiger partial charge in [0.25, 0.3) is 0 Å². The second-order valence-corrected chi connectivity index (χ2v) is 10.0. The van der Waals surface area contributed by atoms with Gasteiger partial charge < -0.3 is 15.3 Å². The van der Waals surface area contributed by atoms with Crippen molar-refractivity contribution in [2.45, 2.75) is 24.7 Å². The highest BCUT2D eigenvalue weighted by Gasteiger charge is 2.35. The van der Waals surface area contributed by atoms with Crippen molar-refractivity contribution >= 4 is 5.69 Å². The van der Waals surface area contributed by atoms with E-state index in [4.69, 9.17) is 0 Å². The van der Waals surface area contributed by atoms with E-state index in [-0.39, 0.29) is 18.2 Å². The Balaban J connectivity index is 1.27. The van der Waals surface area contributed by atoms with Crippen LogP contribution >= 0.6 is 0 Å². The summed E-state index contributed by atoms with van der Waals surface area (Å²) in [5, 5.41) is 23.3. The minimum absolute atomic E-state index is 0.122. The summed E-state index contributed by atoms with van der Waals surface area (Å²) in [5.74, 6) is -1.73. The Kier molecular flexibility index (Phi) is 7.16. The Labute approximate surface area is 234 Å².